The molecule has 4 nitrogen and oxygen atoms in total. The summed E-state index contributed by atoms with van der Waals surface area (Å²) in [5.41, 5.74) is -1.23. The summed E-state index contributed by atoms with van der Waals surface area (Å²) in [6, 6.07) is 0. The Morgan fingerprint density at radius 1 is 1.33 bits per heavy atom. The van der Waals surface area contributed by atoms with Crippen molar-refractivity contribution in [1.82, 2.24) is 0 Å². The molecule has 0 spiro atoms. The van der Waals surface area contributed by atoms with Crippen LogP contribution in [0, 0.1) is 11.3 Å². The van der Waals surface area contributed by atoms with Crippen molar-refractivity contribution in [3.8, 4) is 0 Å². The maximum absolute atomic E-state index is 11.5. The van der Waals surface area contributed by atoms with E-state index in [1.165, 1.54) is 0 Å². The largest absolute Gasteiger partial charge is 0.481 e. The SMILES string of the molecule is CC(C)(C)OC(=O)C1CC(C)(C(=O)O)C1. The van der Waals surface area contributed by atoms with Crippen molar-refractivity contribution in [3.05, 3.63) is 0 Å². The van der Waals surface area contributed by atoms with Gasteiger partial charge in [-0.2, -0.15) is 0 Å². The predicted molar refractivity (Wildman–Crippen MR) is 54.3 cm³/mol. The number of esters is 1. The number of rotatable bonds is 2. The molecule has 1 saturated carbocycles. The van der Waals surface area contributed by atoms with Gasteiger partial charge in [-0.15, -0.1) is 0 Å². The summed E-state index contributed by atoms with van der Waals surface area (Å²) in [5.74, 6) is -1.35. The summed E-state index contributed by atoms with van der Waals surface area (Å²) < 4.78 is 5.18. The third kappa shape index (κ3) is 2.70. The molecule has 0 aromatic heterocycles. The second kappa shape index (κ2) is 3.51. The molecule has 15 heavy (non-hydrogen) atoms. The van der Waals surface area contributed by atoms with Crippen molar-refractivity contribution in [3.63, 3.8) is 0 Å². The van der Waals surface area contributed by atoms with E-state index < -0.39 is 17.0 Å². The minimum atomic E-state index is -0.831. The normalized spacial score (nSPS) is 30.5. The van der Waals surface area contributed by atoms with E-state index in [-0.39, 0.29) is 11.9 Å². The highest BCUT2D eigenvalue weighted by atomic mass is 16.6. The first-order chi connectivity index (χ1) is 6.64. The van der Waals surface area contributed by atoms with Gasteiger partial charge in [0.25, 0.3) is 0 Å². The molecule has 0 aliphatic heterocycles. The van der Waals surface area contributed by atoms with Crippen LogP contribution in [0.25, 0.3) is 0 Å². The number of carbonyl (C=O) groups is 2. The second-order valence-electron chi connectivity index (χ2n) is 5.50. The quantitative estimate of drug-likeness (QED) is 0.712. The van der Waals surface area contributed by atoms with Gasteiger partial charge in [0, 0.05) is 0 Å². The van der Waals surface area contributed by atoms with Gasteiger partial charge < -0.3 is 9.84 Å². The van der Waals surface area contributed by atoms with Crippen molar-refractivity contribution in [2.24, 2.45) is 11.3 Å². The zero-order valence-electron chi connectivity index (χ0n) is 9.66. The molecule has 0 radical (unpaired) electrons. The first-order valence-electron chi connectivity index (χ1n) is 5.10. The average molecular weight is 214 g/mol. The van der Waals surface area contributed by atoms with Crippen LogP contribution in [-0.4, -0.2) is 22.6 Å². The Hall–Kier alpha value is -1.06. The number of carboxylic acid groups (broad SMARTS) is 1. The molecular formula is C11H18O4. The van der Waals surface area contributed by atoms with E-state index in [1.807, 2.05) is 0 Å². The smallest absolute Gasteiger partial charge is 0.309 e. The Morgan fingerprint density at radius 2 is 1.80 bits per heavy atom. The van der Waals surface area contributed by atoms with Gasteiger partial charge in [0.15, 0.2) is 0 Å². The molecule has 86 valence electrons. The highest BCUT2D eigenvalue weighted by Crippen LogP contribution is 2.46. The van der Waals surface area contributed by atoms with Crippen molar-refractivity contribution >= 4 is 11.9 Å². The molecule has 0 aromatic rings. The van der Waals surface area contributed by atoms with E-state index in [9.17, 15) is 9.59 Å². The van der Waals surface area contributed by atoms with Crippen molar-refractivity contribution < 1.29 is 19.4 Å². The number of hydrogen-bond donors (Lipinski definition) is 1. The van der Waals surface area contributed by atoms with Gasteiger partial charge in [0.1, 0.15) is 5.60 Å². The summed E-state index contributed by atoms with van der Waals surface area (Å²) in [5, 5.41) is 8.87. The van der Waals surface area contributed by atoms with Crippen LogP contribution in [0.4, 0.5) is 0 Å². The third-order valence-electron chi connectivity index (χ3n) is 2.65. The van der Waals surface area contributed by atoms with E-state index in [0.717, 1.165) is 0 Å². The first kappa shape index (κ1) is 12.0. The summed E-state index contributed by atoms with van der Waals surface area (Å²) in [6.45, 7) is 7.08. The lowest BCUT2D eigenvalue weighted by Crippen LogP contribution is -2.46. The first-order valence-corrected chi connectivity index (χ1v) is 5.10. The standard InChI is InChI=1S/C11H18O4/c1-10(2,3)15-8(12)7-5-11(4,6-7)9(13)14/h7H,5-6H2,1-4H3,(H,13,14). The fourth-order valence-corrected chi connectivity index (χ4v) is 1.75. The second-order valence-corrected chi connectivity index (χ2v) is 5.50. The van der Waals surface area contributed by atoms with E-state index in [4.69, 9.17) is 9.84 Å². The van der Waals surface area contributed by atoms with Crippen LogP contribution in [0.15, 0.2) is 0 Å². The summed E-state index contributed by atoms with van der Waals surface area (Å²) in [6.07, 6.45) is 0.772. The van der Waals surface area contributed by atoms with E-state index in [2.05, 4.69) is 0 Å². The molecule has 0 amide bonds. The Bertz CT molecular complexity index is 281. The molecule has 0 atom stereocenters. The van der Waals surface area contributed by atoms with Crippen LogP contribution in [0.1, 0.15) is 40.5 Å². The Balaban J connectivity index is 2.46. The maximum atomic E-state index is 11.5. The fraction of sp³-hybridized carbons (Fsp3) is 0.818. The molecule has 0 aromatic carbocycles. The van der Waals surface area contributed by atoms with Gasteiger partial charge in [0.05, 0.1) is 11.3 Å². The van der Waals surface area contributed by atoms with Crippen LogP contribution >= 0.6 is 0 Å². The lowest BCUT2D eigenvalue weighted by molar-refractivity contribution is -0.174. The van der Waals surface area contributed by atoms with Gasteiger partial charge in [-0.25, -0.2) is 0 Å². The van der Waals surface area contributed by atoms with Crippen molar-refractivity contribution in [1.29, 1.82) is 0 Å². The molecule has 1 rings (SSSR count). The van der Waals surface area contributed by atoms with Gasteiger partial charge in [-0.1, -0.05) is 0 Å². The predicted octanol–water partition coefficient (Wildman–Crippen LogP) is 1.83. The molecule has 1 N–H and O–H groups in total. The monoisotopic (exact) mass is 214 g/mol. The molecular weight excluding hydrogens is 196 g/mol. The van der Waals surface area contributed by atoms with Crippen molar-refractivity contribution in [2.75, 3.05) is 0 Å². The van der Waals surface area contributed by atoms with E-state index >= 15 is 0 Å². The molecule has 0 unspecified atom stereocenters. The van der Waals surface area contributed by atoms with Gasteiger partial charge >= 0.3 is 11.9 Å². The zero-order valence-corrected chi connectivity index (χ0v) is 9.66. The van der Waals surface area contributed by atoms with Crippen LogP contribution < -0.4 is 0 Å². The number of hydrogen-bond acceptors (Lipinski definition) is 3. The van der Waals surface area contributed by atoms with E-state index in [0.29, 0.717) is 12.8 Å². The number of aliphatic carboxylic acids is 1. The highest BCUT2D eigenvalue weighted by molar-refractivity contribution is 5.81. The summed E-state index contributed by atoms with van der Waals surface area (Å²) in [7, 11) is 0. The van der Waals surface area contributed by atoms with Gasteiger partial charge in [-0.05, 0) is 40.5 Å². The molecule has 4 heteroatoms. The lowest BCUT2D eigenvalue weighted by atomic mass is 9.63. The van der Waals surface area contributed by atoms with Gasteiger partial charge in [-0.3, -0.25) is 9.59 Å². The molecule has 0 bridgehead atoms. The molecule has 0 heterocycles. The van der Waals surface area contributed by atoms with Crippen LogP contribution in [0.3, 0.4) is 0 Å². The number of ether oxygens (including phenoxy) is 1. The minimum Gasteiger partial charge on any atom is -0.481 e. The topological polar surface area (TPSA) is 63.6 Å². The highest BCUT2D eigenvalue weighted by Gasteiger charge is 2.50. The summed E-state index contributed by atoms with van der Waals surface area (Å²) >= 11 is 0. The summed E-state index contributed by atoms with van der Waals surface area (Å²) in [4.78, 5) is 22.3. The zero-order chi connectivity index (χ0) is 11.9. The fourth-order valence-electron chi connectivity index (χ4n) is 1.75. The average Bonchev–Trinajstić information content (AvgIpc) is 1.94. The van der Waals surface area contributed by atoms with Crippen LogP contribution in [0.5, 0.6) is 0 Å². The number of carboxylic acids is 1. The molecule has 1 fully saturated rings. The van der Waals surface area contributed by atoms with Crippen LogP contribution in [-0.2, 0) is 14.3 Å². The Morgan fingerprint density at radius 3 is 2.13 bits per heavy atom. The maximum Gasteiger partial charge on any atom is 0.309 e. The van der Waals surface area contributed by atoms with Crippen LogP contribution in [0.2, 0.25) is 0 Å². The Kier molecular flexibility index (Phi) is 2.81. The molecule has 1 aliphatic carbocycles. The molecule has 0 saturated heterocycles. The minimum absolute atomic E-state index is 0.245. The van der Waals surface area contributed by atoms with Crippen molar-refractivity contribution in [2.45, 2.75) is 46.1 Å². The number of carbonyl (C=O) groups excluding carboxylic acids is 1. The third-order valence-corrected chi connectivity index (χ3v) is 2.65. The molecule has 1 aliphatic rings. The lowest BCUT2D eigenvalue weighted by Gasteiger charge is -2.41. The van der Waals surface area contributed by atoms with Gasteiger partial charge in [0.2, 0.25) is 0 Å². The van der Waals surface area contributed by atoms with E-state index in [1.54, 1.807) is 27.7 Å². The Labute approximate surface area is 89.6 Å².